The van der Waals surface area contributed by atoms with Gasteiger partial charge < -0.3 is 14.8 Å². The molecule has 0 fully saturated rings. The molecule has 0 radical (unpaired) electrons. The summed E-state index contributed by atoms with van der Waals surface area (Å²) in [5.41, 5.74) is 2.20. The Labute approximate surface area is 141 Å². The Morgan fingerprint density at radius 1 is 1.13 bits per heavy atom. The van der Waals surface area contributed by atoms with Crippen LogP contribution in [0.5, 0.6) is 11.5 Å². The number of ether oxygens (including phenoxy) is 2. The standard InChI is InChI=1S/C18H20ClNO3/c1-11-16(22-3)9-13(10-17(11)23-4)18(21)20-12(2)14-7-5-6-8-15(14)19/h5-10,12H,1-4H3,(H,20,21). The maximum absolute atomic E-state index is 12.5. The van der Waals surface area contributed by atoms with Gasteiger partial charge in [0, 0.05) is 16.1 Å². The van der Waals surface area contributed by atoms with Crippen LogP contribution in [0.4, 0.5) is 0 Å². The van der Waals surface area contributed by atoms with E-state index in [1.165, 1.54) is 0 Å². The minimum Gasteiger partial charge on any atom is -0.496 e. The van der Waals surface area contributed by atoms with Crippen LogP contribution in [0.25, 0.3) is 0 Å². The van der Waals surface area contributed by atoms with E-state index in [1.54, 1.807) is 32.4 Å². The molecule has 5 heteroatoms. The summed E-state index contributed by atoms with van der Waals surface area (Å²) in [4.78, 5) is 12.5. The molecule has 122 valence electrons. The maximum Gasteiger partial charge on any atom is 0.252 e. The Balaban J connectivity index is 2.26. The van der Waals surface area contributed by atoms with Crippen molar-refractivity contribution in [3.8, 4) is 11.5 Å². The first-order valence-electron chi connectivity index (χ1n) is 7.25. The Morgan fingerprint density at radius 3 is 2.22 bits per heavy atom. The van der Waals surface area contributed by atoms with Gasteiger partial charge in [0.2, 0.25) is 0 Å². The number of hydrogen-bond donors (Lipinski definition) is 1. The Kier molecular flexibility index (Phi) is 5.50. The molecule has 0 aliphatic heterocycles. The SMILES string of the molecule is COc1cc(C(=O)NC(C)c2ccccc2Cl)cc(OC)c1C. The van der Waals surface area contributed by atoms with Crippen molar-refractivity contribution in [1.82, 2.24) is 5.32 Å². The lowest BCUT2D eigenvalue weighted by Gasteiger charge is -2.17. The minimum atomic E-state index is -0.214. The van der Waals surface area contributed by atoms with Gasteiger partial charge in [-0.1, -0.05) is 29.8 Å². The van der Waals surface area contributed by atoms with Gasteiger partial charge >= 0.3 is 0 Å². The molecule has 0 aromatic heterocycles. The van der Waals surface area contributed by atoms with Crippen molar-refractivity contribution in [2.75, 3.05) is 14.2 Å². The highest BCUT2D eigenvalue weighted by Gasteiger charge is 2.17. The molecular formula is C18H20ClNO3. The maximum atomic E-state index is 12.5. The smallest absolute Gasteiger partial charge is 0.252 e. The van der Waals surface area contributed by atoms with Gasteiger partial charge in [0.1, 0.15) is 11.5 Å². The van der Waals surface area contributed by atoms with E-state index in [2.05, 4.69) is 5.32 Å². The molecule has 1 atom stereocenters. The zero-order valence-corrected chi connectivity index (χ0v) is 14.4. The molecule has 2 aromatic carbocycles. The Bertz CT molecular complexity index is 690. The summed E-state index contributed by atoms with van der Waals surface area (Å²) >= 11 is 6.17. The topological polar surface area (TPSA) is 47.6 Å². The van der Waals surface area contributed by atoms with Crippen molar-refractivity contribution in [2.45, 2.75) is 19.9 Å². The summed E-state index contributed by atoms with van der Waals surface area (Å²) < 4.78 is 10.6. The lowest BCUT2D eigenvalue weighted by atomic mass is 10.1. The largest absolute Gasteiger partial charge is 0.496 e. The fourth-order valence-corrected chi connectivity index (χ4v) is 2.70. The number of rotatable bonds is 5. The first-order chi connectivity index (χ1) is 11.0. The first-order valence-corrected chi connectivity index (χ1v) is 7.63. The van der Waals surface area contributed by atoms with Gasteiger partial charge in [-0.25, -0.2) is 0 Å². The van der Waals surface area contributed by atoms with Gasteiger partial charge in [0.05, 0.1) is 20.3 Å². The lowest BCUT2D eigenvalue weighted by Crippen LogP contribution is -2.27. The van der Waals surface area contributed by atoms with Crippen LogP contribution in [0.3, 0.4) is 0 Å². The molecule has 23 heavy (non-hydrogen) atoms. The van der Waals surface area contributed by atoms with Crippen LogP contribution in [0.15, 0.2) is 36.4 Å². The molecule has 0 aliphatic rings. The van der Waals surface area contributed by atoms with Crippen LogP contribution >= 0.6 is 11.6 Å². The summed E-state index contributed by atoms with van der Waals surface area (Å²) in [7, 11) is 3.13. The number of methoxy groups -OCH3 is 2. The van der Waals surface area contributed by atoms with E-state index < -0.39 is 0 Å². The second-order valence-electron chi connectivity index (χ2n) is 5.22. The molecule has 0 spiro atoms. The monoisotopic (exact) mass is 333 g/mol. The van der Waals surface area contributed by atoms with Gasteiger partial charge in [0.25, 0.3) is 5.91 Å². The summed E-state index contributed by atoms with van der Waals surface area (Å²) in [5, 5.41) is 3.57. The average molecular weight is 334 g/mol. The number of hydrogen-bond acceptors (Lipinski definition) is 3. The van der Waals surface area contributed by atoms with E-state index in [4.69, 9.17) is 21.1 Å². The molecule has 0 bridgehead atoms. The molecule has 0 saturated carbocycles. The fraction of sp³-hybridized carbons (Fsp3) is 0.278. The molecule has 0 heterocycles. The van der Waals surface area contributed by atoms with Gasteiger partial charge in [-0.3, -0.25) is 4.79 Å². The normalized spacial score (nSPS) is 11.7. The van der Waals surface area contributed by atoms with Crippen molar-refractivity contribution >= 4 is 17.5 Å². The molecule has 4 nitrogen and oxygen atoms in total. The predicted octanol–water partition coefficient (Wildman–Crippen LogP) is 4.16. The molecular weight excluding hydrogens is 314 g/mol. The van der Waals surface area contributed by atoms with E-state index in [1.807, 2.05) is 32.0 Å². The Hall–Kier alpha value is -2.20. The van der Waals surface area contributed by atoms with Crippen molar-refractivity contribution in [3.63, 3.8) is 0 Å². The van der Waals surface area contributed by atoms with Gasteiger partial charge in [0.15, 0.2) is 0 Å². The molecule has 2 rings (SSSR count). The molecule has 1 N–H and O–H groups in total. The third kappa shape index (κ3) is 3.77. The number of halogens is 1. The van der Waals surface area contributed by atoms with Gasteiger partial charge in [-0.15, -0.1) is 0 Å². The highest BCUT2D eigenvalue weighted by Crippen LogP contribution is 2.30. The minimum absolute atomic E-state index is 0.213. The summed E-state index contributed by atoms with van der Waals surface area (Å²) in [6.07, 6.45) is 0. The van der Waals surface area contributed by atoms with Crippen LogP contribution in [-0.2, 0) is 0 Å². The van der Waals surface area contributed by atoms with Crippen LogP contribution in [0.1, 0.15) is 34.5 Å². The third-order valence-electron chi connectivity index (χ3n) is 3.73. The molecule has 0 aliphatic carbocycles. The second kappa shape index (κ2) is 7.38. The highest BCUT2D eigenvalue weighted by atomic mass is 35.5. The predicted molar refractivity (Wildman–Crippen MR) is 91.6 cm³/mol. The van der Waals surface area contributed by atoms with Crippen LogP contribution in [-0.4, -0.2) is 20.1 Å². The summed E-state index contributed by atoms with van der Waals surface area (Å²) in [6, 6.07) is 10.6. The quantitative estimate of drug-likeness (QED) is 0.893. The van der Waals surface area contributed by atoms with Gasteiger partial charge in [-0.05, 0) is 37.6 Å². The third-order valence-corrected chi connectivity index (χ3v) is 4.08. The number of carbonyl (C=O) groups is 1. The van der Waals surface area contributed by atoms with E-state index in [-0.39, 0.29) is 11.9 Å². The Morgan fingerprint density at radius 2 is 1.70 bits per heavy atom. The first kappa shape index (κ1) is 17.2. The molecule has 2 aromatic rings. The van der Waals surface area contributed by atoms with E-state index in [9.17, 15) is 4.79 Å². The number of carbonyl (C=O) groups excluding carboxylic acids is 1. The fourth-order valence-electron chi connectivity index (χ4n) is 2.40. The van der Waals surface area contributed by atoms with Crippen molar-refractivity contribution in [2.24, 2.45) is 0 Å². The number of amides is 1. The molecule has 1 amide bonds. The molecule has 1 unspecified atom stereocenters. The van der Waals surface area contributed by atoms with Crippen molar-refractivity contribution in [1.29, 1.82) is 0 Å². The van der Waals surface area contributed by atoms with E-state index in [0.717, 1.165) is 11.1 Å². The van der Waals surface area contributed by atoms with Crippen molar-refractivity contribution < 1.29 is 14.3 Å². The van der Waals surface area contributed by atoms with E-state index in [0.29, 0.717) is 22.1 Å². The zero-order chi connectivity index (χ0) is 17.0. The van der Waals surface area contributed by atoms with Crippen molar-refractivity contribution in [3.05, 3.63) is 58.1 Å². The van der Waals surface area contributed by atoms with E-state index >= 15 is 0 Å². The average Bonchev–Trinajstić information content (AvgIpc) is 2.55. The lowest BCUT2D eigenvalue weighted by molar-refractivity contribution is 0.0939. The van der Waals surface area contributed by atoms with Crippen LogP contribution in [0, 0.1) is 6.92 Å². The molecule has 0 saturated heterocycles. The van der Waals surface area contributed by atoms with Crippen LogP contribution in [0.2, 0.25) is 5.02 Å². The zero-order valence-electron chi connectivity index (χ0n) is 13.6. The number of nitrogens with one attached hydrogen (secondary N) is 1. The second-order valence-corrected chi connectivity index (χ2v) is 5.63. The summed E-state index contributed by atoms with van der Waals surface area (Å²) in [6.45, 7) is 3.77. The van der Waals surface area contributed by atoms with Crippen LogP contribution < -0.4 is 14.8 Å². The number of benzene rings is 2. The van der Waals surface area contributed by atoms with Gasteiger partial charge in [-0.2, -0.15) is 0 Å². The summed E-state index contributed by atoms with van der Waals surface area (Å²) in [5.74, 6) is 1.01. The highest BCUT2D eigenvalue weighted by molar-refractivity contribution is 6.31.